The van der Waals surface area contributed by atoms with Crippen molar-refractivity contribution < 1.29 is 14.3 Å². The molecule has 0 fully saturated rings. The summed E-state index contributed by atoms with van der Waals surface area (Å²) in [5.41, 5.74) is 2.06. The standard InChI is InChI=1S/C21H27N5O3/c1-13-8-6-9-15(25-20(28)29-21(2,3)4)14-10-7-11-16(23-14)18-17(24-19(13)27)12-22-26(18)5/h6-8,10-13,15H,9H2,1-5H3,(H,24,27)(H,25,28)/b8-6+/t13-,15+/m1/s1. The lowest BCUT2D eigenvalue weighted by Gasteiger charge is -2.23. The molecule has 2 N–H and O–H groups in total. The van der Waals surface area contributed by atoms with Crippen molar-refractivity contribution in [2.75, 3.05) is 5.32 Å². The average Bonchev–Trinajstić information content (AvgIpc) is 2.98. The zero-order valence-electron chi connectivity index (χ0n) is 17.4. The van der Waals surface area contributed by atoms with Crippen molar-refractivity contribution in [3.05, 3.63) is 42.2 Å². The second-order valence-corrected chi connectivity index (χ2v) is 8.12. The van der Waals surface area contributed by atoms with Crippen LogP contribution in [0.3, 0.4) is 0 Å². The van der Waals surface area contributed by atoms with Gasteiger partial charge in [-0.25, -0.2) is 9.78 Å². The van der Waals surface area contributed by atoms with Crippen LogP contribution in [0.5, 0.6) is 0 Å². The maximum atomic E-state index is 12.5. The van der Waals surface area contributed by atoms with Crippen molar-refractivity contribution in [2.24, 2.45) is 13.0 Å². The number of hydrogen-bond donors (Lipinski definition) is 2. The number of aromatic nitrogens is 3. The smallest absolute Gasteiger partial charge is 0.408 e. The lowest BCUT2D eigenvalue weighted by Crippen LogP contribution is -2.35. The molecule has 0 saturated heterocycles. The number of carbonyl (C=O) groups is 2. The number of fused-ring (bicyclic) bond motifs is 4. The van der Waals surface area contributed by atoms with E-state index in [2.05, 4.69) is 15.7 Å². The van der Waals surface area contributed by atoms with Crippen LogP contribution in [-0.4, -0.2) is 32.4 Å². The molecule has 0 unspecified atom stereocenters. The minimum absolute atomic E-state index is 0.135. The van der Waals surface area contributed by atoms with Gasteiger partial charge in [-0.05, 0) is 39.3 Å². The molecule has 0 spiro atoms. The molecule has 8 nitrogen and oxygen atoms in total. The van der Waals surface area contributed by atoms with E-state index in [1.54, 1.807) is 17.9 Å². The number of carbonyl (C=O) groups excluding carboxylic acids is 2. The van der Waals surface area contributed by atoms with Crippen LogP contribution < -0.4 is 10.6 Å². The Kier molecular flexibility index (Phi) is 5.72. The van der Waals surface area contributed by atoms with Gasteiger partial charge in [0, 0.05) is 7.05 Å². The molecule has 0 aliphatic carbocycles. The topological polar surface area (TPSA) is 98.1 Å². The molecule has 1 aliphatic heterocycles. The summed E-state index contributed by atoms with van der Waals surface area (Å²) >= 11 is 0. The maximum Gasteiger partial charge on any atom is 0.408 e. The summed E-state index contributed by atoms with van der Waals surface area (Å²) in [6.07, 6.45) is 5.28. The number of anilines is 1. The fraction of sp³-hybridized carbons (Fsp3) is 0.429. The number of aryl methyl sites for hydroxylation is 1. The second-order valence-electron chi connectivity index (χ2n) is 8.12. The van der Waals surface area contributed by atoms with Crippen LogP contribution in [-0.2, 0) is 16.6 Å². The first-order chi connectivity index (χ1) is 13.6. The summed E-state index contributed by atoms with van der Waals surface area (Å²) in [6, 6.07) is 5.19. The third-order valence-electron chi connectivity index (χ3n) is 4.47. The second kappa shape index (κ2) is 8.06. The number of nitrogens with one attached hydrogen (secondary N) is 2. The molecule has 2 amide bonds. The van der Waals surface area contributed by atoms with E-state index in [4.69, 9.17) is 9.72 Å². The molecule has 2 bridgehead atoms. The Labute approximate surface area is 170 Å². The van der Waals surface area contributed by atoms with Gasteiger partial charge in [0.1, 0.15) is 11.3 Å². The van der Waals surface area contributed by atoms with Gasteiger partial charge in [0.2, 0.25) is 5.91 Å². The molecule has 0 saturated carbocycles. The first-order valence-electron chi connectivity index (χ1n) is 9.60. The number of nitrogens with zero attached hydrogens (tertiary/aromatic N) is 3. The zero-order chi connectivity index (χ0) is 21.2. The van der Waals surface area contributed by atoms with Crippen LogP contribution in [0, 0.1) is 5.92 Å². The number of rotatable bonds is 1. The summed E-state index contributed by atoms with van der Waals surface area (Å²) in [5, 5.41) is 10.1. The normalized spacial score (nSPS) is 20.5. The monoisotopic (exact) mass is 397 g/mol. The molecule has 3 rings (SSSR count). The van der Waals surface area contributed by atoms with Gasteiger partial charge in [-0.2, -0.15) is 5.10 Å². The molecule has 2 aromatic heterocycles. The molecule has 2 aromatic rings. The van der Waals surface area contributed by atoms with Gasteiger partial charge in [-0.1, -0.05) is 25.1 Å². The molecule has 0 aromatic carbocycles. The first-order valence-corrected chi connectivity index (χ1v) is 9.60. The zero-order valence-corrected chi connectivity index (χ0v) is 17.4. The van der Waals surface area contributed by atoms with Crippen molar-refractivity contribution in [3.63, 3.8) is 0 Å². The number of hydrogen-bond acceptors (Lipinski definition) is 5. The largest absolute Gasteiger partial charge is 0.444 e. The quantitative estimate of drug-likeness (QED) is 0.717. The van der Waals surface area contributed by atoms with Gasteiger partial charge in [0.05, 0.1) is 35.2 Å². The van der Waals surface area contributed by atoms with E-state index >= 15 is 0 Å². The summed E-state index contributed by atoms with van der Waals surface area (Å²) < 4.78 is 7.08. The van der Waals surface area contributed by atoms with Crippen molar-refractivity contribution in [1.29, 1.82) is 0 Å². The Morgan fingerprint density at radius 1 is 1.34 bits per heavy atom. The Bertz CT molecular complexity index is 942. The Morgan fingerprint density at radius 3 is 2.83 bits per heavy atom. The van der Waals surface area contributed by atoms with E-state index in [1.807, 2.05) is 58.0 Å². The lowest BCUT2D eigenvalue weighted by molar-refractivity contribution is -0.118. The Hall–Kier alpha value is -3.16. The van der Waals surface area contributed by atoms with E-state index in [0.29, 0.717) is 29.2 Å². The van der Waals surface area contributed by atoms with Crippen LogP contribution in [0.15, 0.2) is 36.5 Å². The maximum absolute atomic E-state index is 12.5. The van der Waals surface area contributed by atoms with Crippen LogP contribution in [0.2, 0.25) is 0 Å². The van der Waals surface area contributed by atoms with E-state index in [-0.39, 0.29) is 11.8 Å². The Morgan fingerprint density at radius 2 is 2.10 bits per heavy atom. The number of ether oxygens (including phenoxy) is 1. The highest BCUT2D eigenvalue weighted by Crippen LogP contribution is 2.29. The summed E-state index contributed by atoms with van der Waals surface area (Å²) in [4.78, 5) is 29.6. The summed E-state index contributed by atoms with van der Waals surface area (Å²) in [7, 11) is 1.80. The van der Waals surface area contributed by atoms with Crippen molar-refractivity contribution in [1.82, 2.24) is 20.1 Å². The highest BCUT2D eigenvalue weighted by atomic mass is 16.6. The van der Waals surface area contributed by atoms with Crippen LogP contribution in [0.1, 0.15) is 45.9 Å². The minimum atomic E-state index is -0.600. The van der Waals surface area contributed by atoms with E-state index in [9.17, 15) is 9.59 Å². The molecule has 3 heterocycles. The minimum Gasteiger partial charge on any atom is -0.444 e. The third kappa shape index (κ3) is 5.01. The van der Waals surface area contributed by atoms with E-state index < -0.39 is 17.7 Å². The van der Waals surface area contributed by atoms with Gasteiger partial charge >= 0.3 is 6.09 Å². The average molecular weight is 397 g/mol. The van der Waals surface area contributed by atoms with Gasteiger partial charge in [0.25, 0.3) is 0 Å². The number of pyridine rings is 1. The highest BCUT2D eigenvalue weighted by molar-refractivity contribution is 5.96. The van der Waals surface area contributed by atoms with Gasteiger partial charge in [-0.15, -0.1) is 0 Å². The lowest BCUT2D eigenvalue weighted by atomic mass is 10.0. The molecule has 1 aliphatic rings. The molecule has 2 atom stereocenters. The van der Waals surface area contributed by atoms with Gasteiger partial charge < -0.3 is 15.4 Å². The van der Waals surface area contributed by atoms with Crippen LogP contribution >= 0.6 is 0 Å². The third-order valence-corrected chi connectivity index (χ3v) is 4.47. The molecule has 8 heteroatoms. The number of alkyl carbamates (subject to hydrolysis) is 1. The predicted molar refractivity (Wildman–Crippen MR) is 110 cm³/mol. The predicted octanol–water partition coefficient (Wildman–Crippen LogP) is 3.58. The van der Waals surface area contributed by atoms with Crippen molar-refractivity contribution in [2.45, 2.75) is 45.8 Å². The highest BCUT2D eigenvalue weighted by Gasteiger charge is 2.23. The first kappa shape index (κ1) is 20.6. The fourth-order valence-electron chi connectivity index (χ4n) is 3.07. The molecule has 154 valence electrons. The molecular weight excluding hydrogens is 370 g/mol. The molecule has 29 heavy (non-hydrogen) atoms. The van der Waals surface area contributed by atoms with Gasteiger partial charge in [0.15, 0.2) is 0 Å². The van der Waals surface area contributed by atoms with E-state index in [0.717, 1.165) is 0 Å². The molecular formula is C21H27N5O3. The molecule has 0 radical (unpaired) electrons. The van der Waals surface area contributed by atoms with Crippen molar-refractivity contribution >= 4 is 17.7 Å². The summed E-state index contributed by atoms with van der Waals surface area (Å²) in [5.74, 6) is -0.472. The van der Waals surface area contributed by atoms with E-state index in [1.165, 1.54) is 0 Å². The number of amides is 2. The van der Waals surface area contributed by atoms with Crippen molar-refractivity contribution in [3.8, 4) is 11.4 Å². The Balaban J connectivity index is 2.02. The SMILES string of the molecule is C[C@@H]1/C=C/C[C@H](NC(=O)OC(C)(C)C)c2cccc(n2)-c2c(cnn2C)NC1=O. The van der Waals surface area contributed by atoms with Gasteiger partial charge in [-0.3, -0.25) is 9.48 Å². The fourth-order valence-corrected chi connectivity index (χ4v) is 3.07. The summed E-state index contributed by atoms with van der Waals surface area (Å²) in [6.45, 7) is 7.27. The van der Waals surface area contributed by atoms with Crippen LogP contribution in [0.25, 0.3) is 11.4 Å². The van der Waals surface area contributed by atoms with Crippen LogP contribution in [0.4, 0.5) is 10.5 Å².